The Hall–Kier alpha value is -2.08. The Labute approximate surface area is 100 Å². The molecule has 3 rings (SSSR count). The van der Waals surface area contributed by atoms with Gasteiger partial charge in [-0.25, -0.2) is 14.7 Å². The van der Waals surface area contributed by atoms with E-state index in [1.807, 2.05) is 0 Å². The molecule has 1 amide bonds. The van der Waals surface area contributed by atoms with Gasteiger partial charge >= 0.3 is 11.7 Å². The standard InChI is InChI=1S/C10H7ClN4O2/c11-6-2-1-3-7(4-6)14-5-8-12-9(16)13-15(8)10(14)17/h1-4H,5H2,(H,13,16). The van der Waals surface area contributed by atoms with Gasteiger partial charge in [0.15, 0.2) is 5.82 Å². The second kappa shape index (κ2) is 3.46. The van der Waals surface area contributed by atoms with Crippen molar-refractivity contribution in [3.63, 3.8) is 0 Å². The maximum Gasteiger partial charge on any atom is 0.362 e. The number of rotatable bonds is 1. The first-order valence-corrected chi connectivity index (χ1v) is 5.28. The van der Waals surface area contributed by atoms with Crippen molar-refractivity contribution in [3.8, 4) is 0 Å². The van der Waals surface area contributed by atoms with Gasteiger partial charge in [0, 0.05) is 10.7 Å². The quantitative estimate of drug-likeness (QED) is 0.827. The van der Waals surface area contributed by atoms with Crippen molar-refractivity contribution in [1.82, 2.24) is 14.8 Å². The molecule has 0 fully saturated rings. The first kappa shape index (κ1) is 10.1. The summed E-state index contributed by atoms with van der Waals surface area (Å²) in [4.78, 5) is 28.1. The van der Waals surface area contributed by atoms with Crippen LogP contribution in [0.1, 0.15) is 5.82 Å². The summed E-state index contributed by atoms with van der Waals surface area (Å²) in [6.45, 7) is 0.262. The smallest absolute Gasteiger partial charge is 0.285 e. The van der Waals surface area contributed by atoms with Crippen molar-refractivity contribution in [2.75, 3.05) is 4.90 Å². The van der Waals surface area contributed by atoms with E-state index in [2.05, 4.69) is 10.1 Å². The lowest BCUT2D eigenvalue weighted by molar-refractivity contribution is 0.248. The van der Waals surface area contributed by atoms with Gasteiger partial charge in [0.25, 0.3) is 0 Å². The lowest BCUT2D eigenvalue weighted by atomic mass is 10.3. The van der Waals surface area contributed by atoms with Gasteiger partial charge in [-0.2, -0.15) is 9.67 Å². The Morgan fingerprint density at radius 3 is 2.88 bits per heavy atom. The van der Waals surface area contributed by atoms with Gasteiger partial charge in [-0.3, -0.25) is 4.90 Å². The number of hydrogen-bond donors (Lipinski definition) is 1. The monoisotopic (exact) mass is 250 g/mol. The van der Waals surface area contributed by atoms with Crippen molar-refractivity contribution >= 4 is 23.3 Å². The van der Waals surface area contributed by atoms with Gasteiger partial charge in [0.1, 0.15) is 0 Å². The second-order valence-corrected chi connectivity index (χ2v) is 4.07. The van der Waals surface area contributed by atoms with Gasteiger partial charge in [-0.1, -0.05) is 17.7 Å². The van der Waals surface area contributed by atoms with Crippen LogP contribution in [0.5, 0.6) is 0 Å². The van der Waals surface area contributed by atoms with E-state index in [0.29, 0.717) is 16.5 Å². The molecule has 7 heteroatoms. The number of carbonyl (C=O) groups excluding carboxylic acids is 1. The molecule has 1 aliphatic heterocycles. The number of aromatic nitrogens is 3. The molecule has 0 spiro atoms. The first-order chi connectivity index (χ1) is 8.15. The summed E-state index contributed by atoms with van der Waals surface area (Å²) in [5.74, 6) is 0.403. The zero-order valence-electron chi connectivity index (χ0n) is 8.55. The van der Waals surface area contributed by atoms with E-state index in [4.69, 9.17) is 11.6 Å². The highest BCUT2D eigenvalue weighted by atomic mass is 35.5. The lowest BCUT2D eigenvalue weighted by Crippen LogP contribution is -2.28. The van der Waals surface area contributed by atoms with Gasteiger partial charge in [-0.05, 0) is 18.2 Å². The summed E-state index contributed by atoms with van der Waals surface area (Å²) in [6, 6.07) is 6.61. The maximum absolute atomic E-state index is 12.0. The summed E-state index contributed by atoms with van der Waals surface area (Å²) >= 11 is 5.86. The van der Waals surface area contributed by atoms with E-state index in [0.717, 1.165) is 4.68 Å². The molecule has 6 nitrogen and oxygen atoms in total. The second-order valence-electron chi connectivity index (χ2n) is 3.63. The zero-order valence-corrected chi connectivity index (χ0v) is 9.31. The molecule has 86 valence electrons. The molecule has 0 unspecified atom stereocenters. The Kier molecular flexibility index (Phi) is 2.05. The van der Waals surface area contributed by atoms with E-state index >= 15 is 0 Å². The van der Waals surface area contributed by atoms with E-state index in [-0.39, 0.29) is 12.6 Å². The molecule has 0 bridgehead atoms. The number of anilines is 1. The van der Waals surface area contributed by atoms with Crippen LogP contribution in [0.25, 0.3) is 0 Å². The summed E-state index contributed by atoms with van der Waals surface area (Å²) < 4.78 is 1.14. The molecule has 17 heavy (non-hydrogen) atoms. The number of hydrogen-bond acceptors (Lipinski definition) is 3. The molecular weight excluding hydrogens is 244 g/mol. The topological polar surface area (TPSA) is 71.0 Å². The van der Waals surface area contributed by atoms with Crippen LogP contribution in [0.4, 0.5) is 10.5 Å². The summed E-state index contributed by atoms with van der Waals surface area (Å²) in [6.07, 6.45) is 0. The Balaban J connectivity index is 2.02. The van der Waals surface area contributed by atoms with Gasteiger partial charge < -0.3 is 0 Å². The highest BCUT2D eigenvalue weighted by Gasteiger charge is 2.30. The molecule has 0 atom stereocenters. The largest absolute Gasteiger partial charge is 0.362 e. The number of amides is 1. The highest BCUT2D eigenvalue weighted by molar-refractivity contribution is 6.30. The number of aromatic amines is 1. The minimum absolute atomic E-state index is 0.262. The normalized spacial score (nSPS) is 14.2. The lowest BCUT2D eigenvalue weighted by Gasteiger charge is -2.14. The molecule has 0 saturated carbocycles. The number of benzene rings is 1. The van der Waals surface area contributed by atoms with Crippen molar-refractivity contribution in [2.24, 2.45) is 0 Å². The van der Waals surface area contributed by atoms with Crippen LogP contribution >= 0.6 is 11.6 Å². The van der Waals surface area contributed by atoms with Crippen molar-refractivity contribution < 1.29 is 4.79 Å². The average Bonchev–Trinajstić information content (AvgIpc) is 2.78. The molecule has 1 aromatic heterocycles. The fraction of sp³-hybridized carbons (Fsp3) is 0.100. The molecule has 2 aromatic rings. The van der Waals surface area contributed by atoms with Crippen molar-refractivity contribution in [3.05, 3.63) is 45.6 Å². The van der Waals surface area contributed by atoms with Crippen molar-refractivity contribution in [2.45, 2.75) is 6.54 Å². The number of H-pyrrole nitrogens is 1. The van der Waals surface area contributed by atoms with E-state index < -0.39 is 5.69 Å². The van der Waals surface area contributed by atoms with Gasteiger partial charge in [0.2, 0.25) is 0 Å². The van der Waals surface area contributed by atoms with Gasteiger partial charge in [0.05, 0.1) is 6.54 Å². The third kappa shape index (κ3) is 1.53. The third-order valence-electron chi connectivity index (χ3n) is 2.54. The predicted molar refractivity (Wildman–Crippen MR) is 61.3 cm³/mol. The molecule has 0 radical (unpaired) electrons. The molecule has 1 N–H and O–H groups in total. The van der Waals surface area contributed by atoms with Crippen LogP contribution in [0, 0.1) is 0 Å². The summed E-state index contributed by atoms with van der Waals surface area (Å²) in [7, 11) is 0. The van der Waals surface area contributed by atoms with Crippen LogP contribution in [0.2, 0.25) is 5.02 Å². The first-order valence-electron chi connectivity index (χ1n) is 4.90. The molecule has 0 saturated heterocycles. The van der Waals surface area contributed by atoms with E-state index in [1.54, 1.807) is 24.3 Å². The van der Waals surface area contributed by atoms with Crippen LogP contribution in [0.3, 0.4) is 0 Å². The number of carbonyl (C=O) groups is 1. The minimum atomic E-state index is -0.515. The van der Waals surface area contributed by atoms with Gasteiger partial charge in [-0.15, -0.1) is 0 Å². The molecule has 1 aromatic carbocycles. The fourth-order valence-corrected chi connectivity index (χ4v) is 1.98. The molecule has 1 aliphatic rings. The maximum atomic E-state index is 12.0. The predicted octanol–water partition coefficient (Wildman–Crippen LogP) is 1.21. The van der Waals surface area contributed by atoms with Crippen LogP contribution in [-0.4, -0.2) is 20.8 Å². The minimum Gasteiger partial charge on any atom is -0.285 e. The SMILES string of the molecule is O=C1N(c2cccc(Cl)c2)Cc2nc(=O)[nH]n21. The molecular formula is C10H7ClN4O2. The number of halogens is 1. The molecule has 2 heterocycles. The average molecular weight is 251 g/mol. The van der Waals surface area contributed by atoms with Crippen LogP contribution < -0.4 is 10.6 Å². The van der Waals surface area contributed by atoms with Crippen molar-refractivity contribution in [1.29, 1.82) is 0 Å². The third-order valence-corrected chi connectivity index (χ3v) is 2.77. The number of fused-ring (bicyclic) bond motifs is 1. The number of nitrogens with one attached hydrogen (secondary N) is 1. The van der Waals surface area contributed by atoms with E-state index in [9.17, 15) is 9.59 Å². The van der Waals surface area contributed by atoms with E-state index in [1.165, 1.54) is 4.90 Å². The Bertz CT molecular complexity index is 660. The van der Waals surface area contributed by atoms with Crippen LogP contribution in [-0.2, 0) is 6.54 Å². The fourth-order valence-electron chi connectivity index (χ4n) is 1.79. The Morgan fingerprint density at radius 1 is 1.35 bits per heavy atom. The number of nitrogens with zero attached hydrogens (tertiary/aromatic N) is 3. The molecule has 0 aliphatic carbocycles. The summed E-state index contributed by atoms with van der Waals surface area (Å²) in [5.41, 5.74) is 0.160. The Morgan fingerprint density at radius 2 is 2.18 bits per heavy atom. The highest BCUT2D eigenvalue weighted by Crippen LogP contribution is 2.24. The van der Waals surface area contributed by atoms with Crippen LogP contribution in [0.15, 0.2) is 29.1 Å². The zero-order chi connectivity index (χ0) is 12.0. The summed E-state index contributed by atoms with van der Waals surface area (Å²) in [5, 5.41) is 2.90.